The molecule has 1 aliphatic heterocycles. The standard InChI is InChI=1S/C19H21N5O2/c1-11-13-3-2-4-14(13)23-17(22-11)7-8-20-19(26)12-5-6-15-16(9-12)24-18(25)10-21-15/h5-6,9,21H,2-4,7-8,10H2,1H3,(H,20,26)(H,24,25). The summed E-state index contributed by atoms with van der Waals surface area (Å²) in [5.74, 6) is 0.495. The summed E-state index contributed by atoms with van der Waals surface area (Å²) in [6, 6.07) is 5.23. The van der Waals surface area contributed by atoms with E-state index in [9.17, 15) is 9.59 Å². The highest BCUT2D eigenvalue weighted by atomic mass is 16.2. The van der Waals surface area contributed by atoms with Crippen LogP contribution >= 0.6 is 0 Å². The molecule has 0 atom stereocenters. The Balaban J connectivity index is 1.38. The van der Waals surface area contributed by atoms with Crippen molar-refractivity contribution in [2.75, 3.05) is 23.7 Å². The molecule has 4 rings (SSSR count). The lowest BCUT2D eigenvalue weighted by Crippen LogP contribution is -2.29. The summed E-state index contributed by atoms with van der Waals surface area (Å²) in [6.07, 6.45) is 3.84. The fourth-order valence-electron chi connectivity index (χ4n) is 3.50. The normalized spacial score (nSPS) is 14.9. The Morgan fingerprint density at radius 2 is 2.12 bits per heavy atom. The molecule has 7 nitrogen and oxygen atoms in total. The minimum absolute atomic E-state index is 0.112. The molecule has 1 aromatic carbocycles. The number of rotatable bonds is 4. The first-order valence-electron chi connectivity index (χ1n) is 8.91. The Bertz CT molecular complexity index is 894. The van der Waals surface area contributed by atoms with Gasteiger partial charge in [-0.3, -0.25) is 9.59 Å². The van der Waals surface area contributed by atoms with Crippen molar-refractivity contribution in [2.45, 2.75) is 32.6 Å². The summed E-state index contributed by atoms with van der Waals surface area (Å²) >= 11 is 0. The fourth-order valence-corrected chi connectivity index (χ4v) is 3.50. The molecule has 2 aliphatic rings. The summed E-state index contributed by atoms with van der Waals surface area (Å²) < 4.78 is 0. The Hall–Kier alpha value is -2.96. The molecule has 1 aromatic heterocycles. The van der Waals surface area contributed by atoms with Crippen molar-refractivity contribution in [3.05, 3.63) is 46.5 Å². The first kappa shape index (κ1) is 16.5. The number of amides is 2. The van der Waals surface area contributed by atoms with Gasteiger partial charge in [-0.05, 0) is 49.9 Å². The minimum atomic E-state index is -0.175. The van der Waals surface area contributed by atoms with Crippen molar-refractivity contribution in [3.8, 4) is 0 Å². The van der Waals surface area contributed by atoms with Gasteiger partial charge in [0.05, 0.1) is 17.9 Å². The van der Waals surface area contributed by atoms with Gasteiger partial charge < -0.3 is 16.0 Å². The Kier molecular flexibility index (Phi) is 4.28. The highest BCUT2D eigenvalue weighted by Gasteiger charge is 2.18. The van der Waals surface area contributed by atoms with E-state index in [1.165, 1.54) is 5.56 Å². The van der Waals surface area contributed by atoms with Gasteiger partial charge in [-0.1, -0.05) is 0 Å². The number of aromatic nitrogens is 2. The van der Waals surface area contributed by atoms with E-state index in [2.05, 4.69) is 25.9 Å². The van der Waals surface area contributed by atoms with Crippen LogP contribution in [0.25, 0.3) is 0 Å². The largest absolute Gasteiger partial charge is 0.374 e. The average molecular weight is 351 g/mol. The maximum absolute atomic E-state index is 12.4. The lowest BCUT2D eigenvalue weighted by molar-refractivity contribution is -0.114. The molecule has 1 aliphatic carbocycles. The molecule has 0 unspecified atom stereocenters. The van der Waals surface area contributed by atoms with Crippen molar-refractivity contribution in [1.82, 2.24) is 15.3 Å². The van der Waals surface area contributed by atoms with Crippen LogP contribution in [-0.2, 0) is 24.1 Å². The number of carbonyl (C=O) groups excluding carboxylic acids is 2. The van der Waals surface area contributed by atoms with Crippen molar-refractivity contribution < 1.29 is 9.59 Å². The van der Waals surface area contributed by atoms with Crippen LogP contribution in [0.15, 0.2) is 18.2 Å². The number of aryl methyl sites for hydroxylation is 2. The predicted octanol–water partition coefficient (Wildman–Crippen LogP) is 1.61. The second kappa shape index (κ2) is 6.74. The molecule has 3 N–H and O–H groups in total. The molecule has 0 bridgehead atoms. The third kappa shape index (κ3) is 3.24. The predicted molar refractivity (Wildman–Crippen MR) is 98.4 cm³/mol. The molecule has 26 heavy (non-hydrogen) atoms. The number of anilines is 2. The van der Waals surface area contributed by atoms with Crippen molar-refractivity contribution in [1.29, 1.82) is 0 Å². The third-order valence-corrected chi connectivity index (χ3v) is 4.82. The van der Waals surface area contributed by atoms with E-state index in [-0.39, 0.29) is 18.4 Å². The number of hydrogen-bond acceptors (Lipinski definition) is 5. The molecule has 0 radical (unpaired) electrons. The molecule has 0 saturated carbocycles. The van der Waals surface area contributed by atoms with Crippen LogP contribution in [0.2, 0.25) is 0 Å². The van der Waals surface area contributed by atoms with Crippen molar-refractivity contribution in [2.24, 2.45) is 0 Å². The molecule has 0 spiro atoms. The van der Waals surface area contributed by atoms with Gasteiger partial charge in [-0.15, -0.1) is 0 Å². The SMILES string of the molecule is Cc1nc(CCNC(=O)c2ccc3c(c2)NC(=O)CN3)nc2c1CCC2. The van der Waals surface area contributed by atoms with Crippen molar-refractivity contribution >= 4 is 23.2 Å². The van der Waals surface area contributed by atoms with Gasteiger partial charge in [0.1, 0.15) is 5.82 Å². The maximum atomic E-state index is 12.4. The average Bonchev–Trinajstić information content (AvgIpc) is 3.10. The molecule has 0 saturated heterocycles. The monoisotopic (exact) mass is 351 g/mol. The second-order valence-electron chi connectivity index (χ2n) is 6.67. The van der Waals surface area contributed by atoms with Gasteiger partial charge in [0, 0.05) is 29.9 Å². The lowest BCUT2D eigenvalue weighted by atomic mass is 10.1. The molecule has 2 amide bonds. The number of fused-ring (bicyclic) bond motifs is 2. The highest BCUT2D eigenvalue weighted by molar-refractivity contribution is 6.03. The summed E-state index contributed by atoms with van der Waals surface area (Å²) in [4.78, 5) is 33.0. The van der Waals surface area contributed by atoms with Crippen LogP contribution in [0.3, 0.4) is 0 Å². The van der Waals surface area contributed by atoms with E-state index in [1.807, 2.05) is 6.92 Å². The third-order valence-electron chi connectivity index (χ3n) is 4.82. The molecule has 2 heterocycles. The smallest absolute Gasteiger partial charge is 0.251 e. The van der Waals surface area contributed by atoms with Gasteiger partial charge in [-0.25, -0.2) is 9.97 Å². The van der Waals surface area contributed by atoms with E-state index < -0.39 is 0 Å². The van der Waals surface area contributed by atoms with Gasteiger partial charge in [0.2, 0.25) is 5.91 Å². The number of nitrogens with zero attached hydrogens (tertiary/aromatic N) is 2. The fraction of sp³-hybridized carbons (Fsp3) is 0.368. The molecule has 7 heteroatoms. The Morgan fingerprint density at radius 1 is 1.23 bits per heavy atom. The van der Waals surface area contributed by atoms with Crippen LogP contribution in [0.1, 0.15) is 39.6 Å². The number of benzene rings is 1. The quantitative estimate of drug-likeness (QED) is 0.778. The molecular formula is C19H21N5O2. The van der Waals surface area contributed by atoms with Gasteiger partial charge >= 0.3 is 0 Å². The Morgan fingerprint density at radius 3 is 3.00 bits per heavy atom. The molecule has 0 fully saturated rings. The summed E-state index contributed by atoms with van der Waals surface area (Å²) in [5.41, 5.74) is 5.49. The van der Waals surface area contributed by atoms with E-state index in [0.717, 1.165) is 42.2 Å². The van der Waals surface area contributed by atoms with Gasteiger partial charge in [-0.2, -0.15) is 0 Å². The summed E-state index contributed by atoms with van der Waals surface area (Å²) in [7, 11) is 0. The molecular weight excluding hydrogens is 330 g/mol. The first-order chi connectivity index (χ1) is 12.6. The van der Waals surface area contributed by atoms with Crippen LogP contribution < -0.4 is 16.0 Å². The van der Waals surface area contributed by atoms with Crippen LogP contribution in [0, 0.1) is 6.92 Å². The van der Waals surface area contributed by atoms with Crippen LogP contribution in [0.5, 0.6) is 0 Å². The minimum Gasteiger partial charge on any atom is -0.374 e. The van der Waals surface area contributed by atoms with E-state index in [4.69, 9.17) is 0 Å². The molecule has 134 valence electrons. The van der Waals surface area contributed by atoms with E-state index in [1.54, 1.807) is 18.2 Å². The van der Waals surface area contributed by atoms with E-state index >= 15 is 0 Å². The van der Waals surface area contributed by atoms with Gasteiger partial charge in [0.15, 0.2) is 0 Å². The zero-order valence-electron chi connectivity index (χ0n) is 14.7. The second-order valence-corrected chi connectivity index (χ2v) is 6.67. The van der Waals surface area contributed by atoms with Crippen LogP contribution in [0.4, 0.5) is 11.4 Å². The number of nitrogens with one attached hydrogen (secondary N) is 3. The maximum Gasteiger partial charge on any atom is 0.251 e. The van der Waals surface area contributed by atoms with Crippen LogP contribution in [-0.4, -0.2) is 34.9 Å². The van der Waals surface area contributed by atoms with Crippen molar-refractivity contribution in [3.63, 3.8) is 0 Å². The zero-order chi connectivity index (χ0) is 18.1. The topological polar surface area (TPSA) is 96.0 Å². The Labute approximate surface area is 151 Å². The number of carbonyl (C=O) groups is 2. The molecule has 2 aromatic rings. The zero-order valence-corrected chi connectivity index (χ0v) is 14.7. The highest BCUT2D eigenvalue weighted by Crippen LogP contribution is 2.25. The first-order valence-corrected chi connectivity index (χ1v) is 8.91. The van der Waals surface area contributed by atoms with Gasteiger partial charge in [0.25, 0.3) is 5.91 Å². The number of hydrogen-bond donors (Lipinski definition) is 3. The summed E-state index contributed by atoms with van der Waals surface area (Å²) in [5, 5.41) is 8.67. The summed E-state index contributed by atoms with van der Waals surface area (Å²) in [6.45, 7) is 2.75. The van der Waals surface area contributed by atoms with E-state index in [0.29, 0.717) is 24.2 Å². The lowest BCUT2D eigenvalue weighted by Gasteiger charge is -2.19.